The van der Waals surface area contributed by atoms with Crippen LogP contribution >= 0.6 is 0 Å². The van der Waals surface area contributed by atoms with E-state index in [1.54, 1.807) is 0 Å². The van der Waals surface area contributed by atoms with Crippen LogP contribution in [0.4, 0.5) is 0 Å². The zero-order valence-corrected chi connectivity index (χ0v) is 17.1. The average Bonchev–Trinajstić information content (AvgIpc) is 2.79. The molecule has 3 aromatic carbocycles. The van der Waals surface area contributed by atoms with E-state index in [4.69, 9.17) is 4.74 Å². The second-order valence-corrected chi connectivity index (χ2v) is 7.67. The molecule has 156 valence electrons. The van der Waals surface area contributed by atoms with Crippen molar-refractivity contribution in [2.45, 2.75) is 30.9 Å². The second kappa shape index (κ2) is 8.96. The third-order valence-electron chi connectivity index (χ3n) is 5.74. The maximum atomic E-state index is 12.5. The molecule has 0 N–H and O–H groups in total. The Bertz CT molecular complexity index is 1080. The molecular weight excluding hydrogens is 390 g/mol. The van der Waals surface area contributed by atoms with E-state index >= 15 is 0 Å². The van der Waals surface area contributed by atoms with Gasteiger partial charge in [-0.2, -0.15) is 0 Å². The van der Waals surface area contributed by atoms with Crippen molar-refractivity contribution >= 4 is 11.5 Å². The van der Waals surface area contributed by atoms with Gasteiger partial charge in [0.05, 0.1) is 5.92 Å². The van der Waals surface area contributed by atoms with Crippen molar-refractivity contribution in [3.05, 3.63) is 124 Å². The first-order chi connectivity index (χ1) is 15.1. The predicted octanol–water partition coefficient (Wildman–Crippen LogP) is 5.23. The van der Waals surface area contributed by atoms with Crippen molar-refractivity contribution in [1.29, 1.82) is 0 Å². The zero-order valence-electron chi connectivity index (χ0n) is 17.1. The summed E-state index contributed by atoms with van der Waals surface area (Å²) in [4.78, 5) is 24.2. The quantitative estimate of drug-likeness (QED) is 0.326. The number of hydrogen-bond acceptors (Lipinski definition) is 4. The minimum Gasteiger partial charge on any atom is -0.450 e. The smallest absolute Gasteiger partial charge is 0.303 e. The van der Waals surface area contributed by atoms with Crippen LogP contribution in [0, 0.1) is 10.1 Å². The third kappa shape index (κ3) is 4.26. The van der Waals surface area contributed by atoms with Crippen molar-refractivity contribution in [3.63, 3.8) is 0 Å². The Morgan fingerprint density at radius 2 is 1.35 bits per heavy atom. The fourth-order valence-electron chi connectivity index (χ4n) is 4.48. The van der Waals surface area contributed by atoms with Crippen molar-refractivity contribution in [2.75, 3.05) is 0 Å². The van der Waals surface area contributed by atoms with E-state index in [0.29, 0.717) is 5.57 Å². The van der Waals surface area contributed by atoms with E-state index in [1.807, 2.05) is 97.1 Å². The largest absolute Gasteiger partial charge is 0.450 e. The molecule has 1 aliphatic rings. The first-order valence-corrected chi connectivity index (χ1v) is 10.2. The van der Waals surface area contributed by atoms with Crippen molar-refractivity contribution in [3.8, 4) is 0 Å². The van der Waals surface area contributed by atoms with E-state index in [2.05, 4.69) is 0 Å². The Morgan fingerprint density at radius 3 is 1.87 bits per heavy atom. The molecule has 0 saturated heterocycles. The molecule has 5 heteroatoms. The fourth-order valence-corrected chi connectivity index (χ4v) is 4.48. The summed E-state index contributed by atoms with van der Waals surface area (Å²) < 4.78 is 5.62. The van der Waals surface area contributed by atoms with Crippen LogP contribution in [0.5, 0.6) is 0 Å². The van der Waals surface area contributed by atoms with Gasteiger partial charge in [-0.3, -0.25) is 14.9 Å². The number of carbonyl (C=O) groups excluding carboxylic acids is 1. The number of benzene rings is 3. The maximum absolute atomic E-state index is 12.5. The van der Waals surface area contributed by atoms with Gasteiger partial charge in [0.15, 0.2) is 6.10 Å². The lowest BCUT2D eigenvalue weighted by atomic mass is 9.68. The summed E-state index contributed by atoms with van der Waals surface area (Å²) in [6, 6.07) is 27.5. The van der Waals surface area contributed by atoms with Crippen molar-refractivity contribution in [2.24, 2.45) is 0 Å². The molecule has 0 fully saturated rings. The first-order valence-electron chi connectivity index (χ1n) is 10.2. The van der Waals surface area contributed by atoms with E-state index in [1.165, 1.54) is 6.92 Å². The highest BCUT2D eigenvalue weighted by molar-refractivity contribution is 5.76. The van der Waals surface area contributed by atoms with Gasteiger partial charge in [0.1, 0.15) is 0 Å². The number of allylic oxidation sites excluding steroid dienone is 1. The van der Waals surface area contributed by atoms with Crippen LogP contribution < -0.4 is 0 Å². The van der Waals surface area contributed by atoms with Crippen LogP contribution in [0.1, 0.15) is 35.4 Å². The molecule has 0 radical (unpaired) electrons. The van der Waals surface area contributed by atoms with Gasteiger partial charge < -0.3 is 4.74 Å². The lowest BCUT2D eigenvalue weighted by molar-refractivity contribution is -0.536. The van der Waals surface area contributed by atoms with Gasteiger partial charge in [-0.1, -0.05) is 97.1 Å². The number of nitrogens with zero attached hydrogens (tertiary/aromatic N) is 1. The predicted molar refractivity (Wildman–Crippen MR) is 119 cm³/mol. The first kappa shape index (κ1) is 20.5. The van der Waals surface area contributed by atoms with E-state index < -0.39 is 24.0 Å². The monoisotopic (exact) mass is 413 g/mol. The van der Waals surface area contributed by atoms with Crippen molar-refractivity contribution < 1.29 is 14.5 Å². The van der Waals surface area contributed by atoms with Gasteiger partial charge >= 0.3 is 5.97 Å². The van der Waals surface area contributed by atoms with E-state index in [0.717, 1.165) is 16.7 Å². The standard InChI is InChI=1S/C26H23NO4/c1-18(28)31-26-23(20-13-7-3-8-14-20)17-22(19-11-5-2-6-12-19)24(25(26)27(29)30)21-15-9-4-10-16-21/h2-17,22,24-26H,1H3/t22-,24-,25+,26-/m1/s1. The number of carbonyl (C=O) groups is 1. The number of esters is 1. The van der Waals surface area contributed by atoms with Crippen LogP contribution in [-0.4, -0.2) is 23.0 Å². The summed E-state index contributed by atoms with van der Waals surface area (Å²) in [5.41, 5.74) is 3.31. The van der Waals surface area contributed by atoms with E-state index in [-0.39, 0.29) is 10.8 Å². The van der Waals surface area contributed by atoms with Crippen LogP contribution in [-0.2, 0) is 9.53 Å². The Kier molecular flexibility index (Phi) is 5.94. The number of rotatable bonds is 5. The average molecular weight is 413 g/mol. The van der Waals surface area contributed by atoms with Gasteiger partial charge in [-0.25, -0.2) is 0 Å². The van der Waals surface area contributed by atoms with Crippen LogP contribution in [0.25, 0.3) is 5.57 Å². The molecule has 0 unspecified atom stereocenters. The third-order valence-corrected chi connectivity index (χ3v) is 5.74. The molecule has 0 bridgehead atoms. The number of hydrogen-bond donors (Lipinski definition) is 0. The zero-order chi connectivity index (χ0) is 21.8. The van der Waals surface area contributed by atoms with E-state index in [9.17, 15) is 14.9 Å². The molecule has 0 aliphatic heterocycles. The molecule has 0 aromatic heterocycles. The summed E-state index contributed by atoms with van der Waals surface area (Å²) in [5, 5.41) is 12.5. The van der Waals surface area contributed by atoms with Crippen LogP contribution in [0.15, 0.2) is 97.1 Å². The maximum Gasteiger partial charge on any atom is 0.303 e. The molecule has 4 atom stereocenters. The van der Waals surface area contributed by atoms with Crippen molar-refractivity contribution in [1.82, 2.24) is 0 Å². The SMILES string of the molecule is CC(=O)O[C@@H]1C(c2ccccc2)=C[C@H](c2ccccc2)[C@@H](c2ccccc2)[C@@H]1[N+](=O)[O-]. The molecule has 31 heavy (non-hydrogen) atoms. The Labute approximate surface area is 181 Å². The van der Waals surface area contributed by atoms with Crippen LogP contribution in [0.3, 0.4) is 0 Å². The van der Waals surface area contributed by atoms with Gasteiger partial charge in [0.2, 0.25) is 0 Å². The highest BCUT2D eigenvalue weighted by atomic mass is 16.6. The molecular formula is C26H23NO4. The summed E-state index contributed by atoms with van der Waals surface area (Å²) in [6.07, 6.45) is 1.05. The lowest BCUT2D eigenvalue weighted by Gasteiger charge is -2.37. The Balaban J connectivity index is 1.97. The minimum atomic E-state index is -1.13. The highest BCUT2D eigenvalue weighted by Gasteiger charge is 2.51. The Morgan fingerprint density at radius 1 is 0.839 bits per heavy atom. The highest BCUT2D eigenvalue weighted by Crippen LogP contribution is 2.47. The summed E-state index contributed by atoms with van der Waals surface area (Å²) in [7, 11) is 0. The van der Waals surface area contributed by atoms with Gasteiger partial charge in [-0.15, -0.1) is 0 Å². The second-order valence-electron chi connectivity index (χ2n) is 7.67. The molecule has 5 nitrogen and oxygen atoms in total. The molecule has 1 aliphatic carbocycles. The summed E-state index contributed by atoms with van der Waals surface area (Å²) >= 11 is 0. The molecule has 0 saturated carbocycles. The number of ether oxygens (including phenoxy) is 1. The van der Waals surface area contributed by atoms with Gasteiger partial charge in [0.25, 0.3) is 6.04 Å². The molecule has 0 spiro atoms. The normalized spacial score (nSPS) is 22.9. The summed E-state index contributed by atoms with van der Waals surface area (Å²) in [5.74, 6) is -1.28. The lowest BCUT2D eigenvalue weighted by Crippen LogP contribution is -2.46. The molecule has 3 aromatic rings. The Hall–Kier alpha value is -3.73. The molecule has 0 amide bonds. The fraction of sp³-hybridized carbons (Fsp3) is 0.192. The molecule has 0 heterocycles. The van der Waals surface area contributed by atoms with Gasteiger partial charge in [0, 0.05) is 23.3 Å². The summed E-state index contributed by atoms with van der Waals surface area (Å²) in [6.45, 7) is 1.29. The van der Waals surface area contributed by atoms with Crippen LogP contribution in [0.2, 0.25) is 0 Å². The molecule has 4 rings (SSSR count). The van der Waals surface area contributed by atoms with Gasteiger partial charge in [-0.05, 0) is 16.7 Å². The number of nitro groups is 1. The topological polar surface area (TPSA) is 69.4 Å². The minimum absolute atomic E-state index is 0.249.